The van der Waals surface area contributed by atoms with Gasteiger partial charge in [-0.2, -0.15) is 0 Å². The summed E-state index contributed by atoms with van der Waals surface area (Å²) in [6, 6.07) is 23.8. The predicted molar refractivity (Wildman–Crippen MR) is 192 cm³/mol. The number of hydrogen-bond acceptors (Lipinski definition) is 5. The molecule has 0 spiro atoms. The molecule has 1 aliphatic rings. The van der Waals surface area contributed by atoms with E-state index in [0.29, 0.717) is 22.5 Å². The Morgan fingerprint density at radius 3 is 2.09 bits per heavy atom. The van der Waals surface area contributed by atoms with E-state index in [2.05, 4.69) is 32.7 Å². The maximum Gasteiger partial charge on any atom is 0.268 e. The summed E-state index contributed by atoms with van der Waals surface area (Å²) in [7, 11) is 1.68. The first-order valence-corrected chi connectivity index (χ1v) is 15.8. The zero-order chi connectivity index (χ0) is 33.7. The first-order valence-electron chi connectivity index (χ1n) is 15.8. The number of rotatable bonds is 5. The van der Waals surface area contributed by atoms with Crippen LogP contribution < -0.4 is 4.90 Å². The molecule has 1 aliphatic heterocycles. The van der Waals surface area contributed by atoms with E-state index in [-0.39, 0.29) is 11.8 Å². The summed E-state index contributed by atoms with van der Waals surface area (Å²) in [4.78, 5) is 37.7. The van der Waals surface area contributed by atoms with Gasteiger partial charge in [0.25, 0.3) is 11.8 Å². The number of carbonyl (C=O) groups is 2. The lowest BCUT2D eigenvalue weighted by molar-refractivity contribution is 0.0925. The molecule has 7 nitrogen and oxygen atoms in total. The van der Waals surface area contributed by atoms with Crippen LogP contribution in [0.25, 0.3) is 38.6 Å². The van der Waals surface area contributed by atoms with Crippen LogP contribution in [0.2, 0.25) is 0 Å². The summed E-state index contributed by atoms with van der Waals surface area (Å²) in [6.45, 7) is 12.6. The highest BCUT2D eigenvalue weighted by molar-refractivity contribution is 6.36. The summed E-state index contributed by atoms with van der Waals surface area (Å²) >= 11 is 0. The topological polar surface area (TPSA) is 77.3 Å². The van der Waals surface area contributed by atoms with Crippen LogP contribution in [-0.2, 0) is 4.74 Å². The van der Waals surface area contributed by atoms with Crippen LogP contribution in [0.4, 0.5) is 5.69 Å². The minimum atomic E-state index is -0.306. The van der Waals surface area contributed by atoms with E-state index >= 15 is 0 Å². The fourth-order valence-corrected chi connectivity index (χ4v) is 6.33. The van der Waals surface area contributed by atoms with E-state index in [1.54, 1.807) is 25.6 Å². The molecule has 6 aromatic rings. The number of methoxy groups -OCH3 is 1. The van der Waals surface area contributed by atoms with Crippen molar-refractivity contribution in [3.63, 3.8) is 0 Å². The molecular formula is C40H40N4O3. The minimum absolute atomic E-state index is 0.296. The number of benzene rings is 4. The number of allylic oxidation sites excluding steroid dienone is 1. The molecule has 47 heavy (non-hydrogen) atoms. The highest BCUT2D eigenvalue weighted by Gasteiger charge is 2.40. The maximum atomic E-state index is 14.1. The second-order valence-corrected chi connectivity index (χ2v) is 11.1. The van der Waals surface area contributed by atoms with Crippen LogP contribution >= 0.6 is 0 Å². The molecule has 0 aliphatic carbocycles. The molecule has 0 unspecified atom stereocenters. The van der Waals surface area contributed by atoms with Crippen molar-refractivity contribution < 1.29 is 14.3 Å². The van der Waals surface area contributed by atoms with Gasteiger partial charge in [-0.25, -0.2) is 14.9 Å². The van der Waals surface area contributed by atoms with Gasteiger partial charge < -0.3 is 9.30 Å². The standard InChI is InChI=1S/C33H24N4O2.C5H10O.C2H6/c1-19-14-20(2)31(21(3)15-19)37-32(38)25-10-7-13-28(30(25)33(37)39)36-26-11-5-4-8-24(26)29-23(9-6-12-27(29)36)22-16-34-18-35-17-22;1-3-4-5-6-2;1-2/h4-18H,1-3H3;3-4H,5H2,1-2H3;1-2H3/b;4-3+;. The van der Waals surface area contributed by atoms with Gasteiger partial charge in [-0.15, -0.1) is 0 Å². The summed E-state index contributed by atoms with van der Waals surface area (Å²) in [5.74, 6) is -0.603. The number of carbonyl (C=O) groups excluding carboxylic acids is 2. The van der Waals surface area contributed by atoms with Crippen molar-refractivity contribution in [1.82, 2.24) is 14.5 Å². The second-order valence-electron chi connectivity index (χ2n) is 11.1. The fourth-order valence-electron chi connectivity index (χ4n) is 6.33. The fraction of sp³-hybridized carbons (Fsp3) is 0.200. The number of amides is 2. The Bertz CT molecular complexity index is 2090. The average molecular weight is 625 g/mol. The van der Waals surface area contributed by atoms with Gasteiger partial charge in [0.2, 0.25) is 0 Å². The van der Waals surface area contributed by atoms with Gasteiger partial charge in [-0.3, -0.25) is 9.59 Å². The van der Waals surface area contributed by atoms with Crippen molar-refractivity contribution in [1.29, 1.82) is 0 Å². The summed E-state index contributed by atoms with van der Waals surface area (Å²) in [5.41, 5.74) is 8.86. The van der Waals surface area contributed by atoms with E-state index in [0.717, 1.165) is 56.2 Å². The smallest absolute Gasteiger partial charge is 0.268 e. The number of ether oxygens (including phenoxy) is 1. The van der Waals surface area contributed by atoms with Crippen LogP contribution in [0.5, 0.6) is 0 Å². The van der Waals surface area contributed by atoms with E-state index in [9.17, 15) is 9.59 Å². The second kappa shape index (κ2) is 14.4. The predicted octanol–water partition coefficient (Wildman–Crippen LogP) is 9.20. The Balaban J connectivity index is 0.000000490. The molecule has 3 heterocycles. The Hall–Kier alpha value is -5.40. The van der Waals surface area contributed by atoms with Crippen molar-refractivity contribution in [2.24, 2.45) is 0 Å². The van der Waals surface area contributed by atoms with Gasteiger partial charge in [-0.1, -0.05) is 80.1 Å². The summed E-state index contributed by atoms with van der Waals surface area (Å²) < 4.78 is 6.79. The molecule has 7 rings (SSSR count). The average Bonchev–Trinajstić information content (AvgIpc) is 3.56. The lowest BCUT2D eigenvalue weighted by atomic mass is 10.0. The van der Waals surface area contributed by atoms with Crippen LogP contribution in [0.1, 0.15) is 58.2 Å². The highest BCUT2D eigenvalue weighted by Crippen LogP contribution is 2.41. The molecule has 7 heteroatoms. The maximum absolute atomic E-state index is 14.1. The van der Waals surface area contributed by atoms with Crippen LogP contribution in [0, 0.1) is 20.8 Å². The molecule has 0 fully saturated rings. The molecule has 0 bridgehead atoms. The third-order valence-corrected chi connectivity index (χ3v) is 8.06. The lowest BCUT2D eigenvalue weighted by Gasteiger charge is -2.20. The molecule has 238 valence electrons. The Labute approximate surface area is 276 Å². The molecule has 2 aromatic heterocycles. The van der Waals surface area contributed by atoms with E-state index in [1.165, 1.54) is 11.2 Å². The quantitative estimate of drug-likeness (QED) is 0.141. The number of nitrogens with zero attached hydrogens (tertiary/aromatic N) is 4. The van der Waals surface area contributed by atoms with Gasteiger partial charge in [0, 0.05) is 35.8 Å². The zero-order valence-electron chi connectivity index (χ0n) is 28.0. The molecular weight excluding hydrogens is 584 g/mol. The molecule has 0 radical (unpaired) electrons. The van der Waals surface area contributed by atoms with Gasteiger partial charge in [0.1, 0.15) is 6.33 Å². The first kappa shape index (κ1) is 33.0. The molecule has 0 saturated carbocycles. The van der Waals surface area contributed by atoms with E-state index < -0.39 is 0 Å². The van der Waals surface area contributed by atoms with Crippen molar-refractivity contribution in [3.05, 3.63) is 131 Å². The molecule has 0 atom stereocenters. The molecule has 4 aromatic carbocycles. The number of para-hydroxylation sites is 1. The number of hydrogen-bond donors (Lipinski definition) is 0. The SMILES string of the molecule is C/C=C/COC.CC.Cc1cc(C)c(N2C(=O)c3cccc(-n4c5ccccc5c5c(-c6cncnc6)cccc54)c3C2=O)c(C)c1. The number of anilines is 1. The normalized spacial score (nSPS) is 12.3. The third kappa shape index (κ3) is 5.98. The number of aryl methyl sites for hydroxylation is 3. The van der Waals surface area contributed by atoms with Crippen molar-refractivity contribution in [2.75, 3.05) is 18.6 Å². The Kier molecular flexibility index (Phi) is 10.1. The zero-order valence-corrected chi connectivity index (χ0v) is 28.0. The largest absolute Gasteiger partial charge is 0.381 e. The van der Waals surface area contributed by atoms with E-state index in [4.69, 9.17) is 4.74 Å². The van der Waals surface area contributed by atoms with Crippen molar-refractivity contribution in [3.8, 4) is 16.8 Å². The third-order valence-electron chi connectivity index (χ3n) is 8.06. The summed E-state index contributed by atoms with van der Waals surface area (Å²) in [6.07, 6.45) is 9.05. The molecule has 0 N–H and O–H groups in total. The Morgan fingerprint density at radius 1 is 0.787 bits per heavy atom. The summed E-state index contributed by atoms with van der Waals surface area (Å²) in [5, 5.41) is 2.09. The Morgan fingerprint density at radius 2 is 1.43 bits per heavy atom. The monoisotopic (exact) mass is 624 g/mol. The lowest BCUT2D eigenvalue weighted by Crippen LogP contribution is -2.31. The van der Waals surface area contributed by atoms with Crippen LogP contribution in [-0.4, -0.2) is 40.1 Å². The number of fused-ring (bicyclic) bond motifs is 4. The van der Waals surface area contributed by atoms with Gasteiger partial charge >= 0.3 is 0 Å². The number of aromatic nitrogens is 3. The van der Waals surface area contributed by atoms with E-state index in [1.807, 2.05) is 102 Å². The van der Waals surface area contributed by atoms with Gasteiger partial charge in [-0.05, 0) is 68.7 Å². The van der Waals surface area contributed by atoms with Crippen molar-refractivity contribution >= 4 is 39.3 Å². The van der Waals surface area contributed by atoms with Crippen LogP contribution in [0.3, 0.4) is 0 Å². The minimum Gasteiger partial charge on any atom is -0.381 e. The highest BCUT2D eigenvalue weighted by atomic mass is 16.5. The van der Waals surface area contributed by atoms with Crippen LogP contribution in [0.15, 0.2) is 104 Å². The van der Waals surface area contributed by atoms with Gasteiger partial charge in [0.15, 0.2) is 0 Å². The van der Waals surface area contributed by atoms with Crippen molar-refractivity contribution in [2.45, 2.75) is 41.5 Å². The first-order chi connectivity index (χ1) is 22.9. The molecule has 2 amide bonds. The molecule has 0 saturated heterocycles. The van der Waals surface area contributed by atoms with Gasteiger partial charge in [0.05, 0.1) is 40.1 Å². The number of imide groups is 1.